The van der Waals surface area contributed by atoms with Crippen LogP contribution in [0, 0.1) is 0 Å². The second kappa shape index (κ2) is 5.93. The van der Waals surface area contributed by atoms with Gasteiger partial charge in [0.25, 0.3) is 5.91 Å². The minimum atomic E-state index is -0.0161. The number of carbonyl (C=O) groups is 1. The maximum atomic E-state index is 12.3. The monoisotopic (exact) mass is 271 g/mol. The molecule has 2 rings (SSSR count). The molecule has 0 fully saturated rings. The highest BCUT2D eigenvalue weighted by molar-refractivity contribution is 7.80. The Morgan fingerprint density at radius 1 is 1.05 bits per heavy atom. The fraction of sp³-hybridized carbons (Fsp3) is 0.188. The van der Waals surface area contributed by atoms with Crippen LogP contribution >= 0.6 is 12.6 Å². The summed E-state index contributed by atoms with van der Waals surface area (Å²) in [6.45, 7) is 2.11. The van der Waals surface area contributed by atoms with Crippen molar-refractivity contribution in [2.75, 3.05) is 11.9 Å². The van der Waals surface area contributed by atoms with Crippen molar-refractivity contribution in [2.45, 2.75) is 18.2 Å². The van der Waals surface area contributed by atoms with E-state index in [4.69, 9.17) is 0 Å². The van der Waals surface area contributed by atoms with Gasteiger partial charge in [0.15, 0.2) is 0 Å². The van der Waals surface area contributed by atoms with Crippen molar-refractivity contribution >= 4 is 24.2 Å². The van der Waals surface area contributed by atoms with Crippen LogP contribution < -0.4 is 4.90 Å². The van der Waals surface area contributed by atoms with Gasteiger partial charge >= 0.3 is 0 Å². The van der Waals surface area contributed by atoms with E-state index in [-0.39, 0.29) is 5.91 Å². The van der Waals surface area contributed by atoms with Crippen LogP contribution in [0.3, 0.4) is 0 Å². The molecule has 2 aromatic rings. The summed E-state index contributed by atoms with van der Waals surface area (Å²) < 4.78 is 0. The summed E-state index contributed by atoms with van der Waals surface area (Å²) in [5.74, 6) is -0.0161. The number of hydrogen-bond donors (Lipinski definition) is 1. The number of rotatable bonds is 3. The summed E-state index contributed by atoms with van der Waals surface area (Å²) in [6.07, 6.45) is 1.00. The third-order valence-corrected chi connectivity index (χ3v) is 3.45. The van der Waals surface area contributed by atoms with Gasteiger partial charge in [-0.3, -0.25) is 4.79 Å². The van der Waals surface area contributed by atoms with Gasteiger partial charge < -0.3 is 4.90 Å². The molecule has 0 aliphatic carbocycles. The van der Waals surface area contributed by atoms with Gasteiger partial charge in [0.05, 0.1) is 0 Å². The van der Waals surface area contributed by atoms with Gasteiger partial charge in [0.1, 0.15) is 0 Å². The maximum absolute atomic E-state index is 12.3. The first-order valence-electron chi connectivity index (χ1n) is 6.28. The van der Waals surface area contributed by atoms with Gasteiger partial charge in [0.2, 0.25) is 0 Å². The predicted octanol–water partition coefficient (Wildman–Crippen LogP) is 3.81. The van der Waals surface area contributed by atoms with Gasteiger partial charge in [-0.05, 0) is 48.4 Å². The van der Waals surface area contributed by atoms with Crippen molar-refractivity contribution in [3.8, 4) is 0 Å². The van der Waals surface area contributed by atoms with Gasteiger partial charge in [-0.15, -0.1) is 12.6 Å². The van der Waals surface area contributed by atoms with Crippen molar-refractivity contribution in [1.29, 1.82) is 0 Å². The molecule has 0 heterocycles. The lowest BCUT2D eigenvalue weighted by molar-refractivity contribution is 0.0993. The largest absolute Gasteiger partial charge is 0.311 e. The Kier molecular flexibility index (Phi) is 4.27. The summed E-state index contributed by atoms with van der Waals surface area (Å²) in [5.41, 5.74) is 2.83. The number of aryl methyl sites for hydroxylation is 1. The van der Waals surface area contributed by atoms with Crippen molar-refractivity contribution < 1.29 is 4.79 Å². The van der Waals surface area contributed by atoms with E-state index in [9.17, 15) is 4.79 Å². The highest BCUT2D eigenvalue weighted by Gasteiger charge is 2.12. The van der Waals surface area contributed by atoms with E-state index in [0.717, 1.165) is 17.0 Å². The molecule has 2 aromatic carbocycles. The SMILES string of the molecule is CCc1ccc(N(C)C(=O)c2ccc(S)cc2)cc1. The van der Waals surface area contributed by atoms with Crippen molar-refractivity contribution in [1.82, 2.24) is 0 Å². The zero-order valence-corrected chi connectivity index (χ0v) is 12.0. The van der Waals surface area contributed by atoms with E-state index in [1.54, 1.807) is 24.1 Å². The molecule has 3 heteroatoms. The van der Waals surface area contributed by atoms with Crippen LogP contribution in [-0.4, -0.2) is 13.0 Å². The van der Waals surface area contributed by atoms with Crippen LogP contribution in [0.2, 0.25) is 0 Å². The fourth-order valence-electron chi connectivity index (χ4n) is 1.87. The van der Waals surface area contributed by atoms with E-state index < -0.39 is 0 Å². The first-order valence-corrected chi connectivity index (χ1v) is 6.72. The quantitative estimate of drug-likeness (QED) is 0.842. The maximum Gasteiger partial charge on any atom is 0.258 e. The number of thiol groups is 1. The summed E-state index contributed by atoms with van der Waals surface area (Å²) in [7, 11) is 1.79. The lowest BCUT2D eigenvalue weighted by atomic mass is 10.1. The predicted molar refractivity (Wildman–Crippen MR) is 82.2 cm³/mol. The van der Waals surface area contributed by atoms with E-state index >= 15 is 0 Å². The fourth-order valence-corrected chi connectivity index (χ4v) is 2.02. The molecule has 0 aromatic heterocycles. The number of benzene rings is 2. The Labute approximate surface area is 119 Å². The third kappa shape index (κ3) is 3.18. The standard InChI is InChI=1S/C16H17NOS/c1-3-12-4-8-14(9-5-12)17(2)16(18)13-6-10-15(19)11-7-13/h4-11,19H,3H2,1-2H3. The van der Waals surface area contributed by atoms with Crippen LogP contribution in [0.5, 0.6) is 0 Å². The second-order valence-electron chi connectivity index (χ2n) is 4.43. The minimum Gasteiger partial charge on any atom is -0.311 e. The Morgan fingerprint density at radius 3 is 2.16 bits per heavy atom. The molecule has 0 spiro atoms. The van der Waals surface area contributed by atoms with Gasteiger partial charge in [-0.2, -0.15) is 0 Å². The van der Waals surface area contributed by atoms with Crippen LogP contribution in [0.25, 0.3) is 0 Å². The van der Waals surface area contributed by atoms with Crippen LogP contribution in [-0.2, 0) is 6.42 Å². The molecule has 0 saturated heterocycles. The Bertz CT molecular complexity index is 560. The molecule has 0 aliphatic heterocycles. The van der Waals surface area contributed by atoms with E-state index in [0.29, 0.717) is 5.56 Å². The topological polar surface area (TPSA) is 20.3 Å². The average Bonchev–Trinajstić information content (AvgIpc) is 2.46. The van der Waals surface area contributed by atoms with Crippen molar-refractivity contribution in [3.05, 3.63) is 59.7 Å². The number of nitrogens with zero attached hydrogens (tertiary/aromatic N) is 1. The lowest BCUT2D eigenvalue weighted by Crippen LogP contribution is -2.26. The van der Waals surface area contributed by atoms with Crippen molar-refractivity contribution in [2.24, 2.45) is 0 Å². The highest BCUT2D eigenvalue weighted by Crippen LogP contribution is 2.17. The molecular weight excluding hydrogens is 254 g/mol. The summed E-state index contributed by atoms with van der Waals surface area (Å²) in [5, 5.41) is 0. The molecule has 2 nitrogen and oxygen atoms in total. The molecule has 0 bridgehead atoms. The normalized spacial score (nSPS) is 10.3. The Morgan fingerprint density at radius 2 is 1.63 bits per heavy atom. The highest BCUT2D eigenvalue weighted by atomic mass is 32.1. The molecule has 0 atom stereocenters. The number of carbonyl (C=O) groups excluding carboxylic acids is 1. The van der Waals surface area contributed by atoms with Crippen LogP contribution in [0.4, 0.5) is 5.69 Å². The van der Waals surface area contributed by atoms with Gasteiger partial charge in [-0.1, -0.05) is 19.1 Å². The van der Waals surface area contributed by atoms with Crippen LogP contribution in [0.1, 0.15) is 22.8 Å². The first-order chi connectivity index (χ1) is 9.11. The second-order valence-corrected chi connectivity index (χ2v) is 4.95. The summed E-state index contributed by atoms with van der Waals surface area (Å²) in [4.78, 5) is 14.8. The number of amides is 1. The molecule has 0 N–H and O–H groups in total. The zero-order chi connectivity index (χ0) is 13.8. The molecule has 1 amide bonds. The van der Waals surface area contributed by atoms with Gasteiger partial charge in [-0.25, -0.2) is 0 Å². The molecule has 98 valence electrons. The average molecular weight is 271 g/mol. The van der Waals surface area contributed by atoms with E-state index in [1.165, 1.54) is 5.56 Å². The van der Waals surface area contributed by atoms with E-state index in [2.05, 4.69) is 31.7 Å². The van der Waals surface area contributed by atoms with Crippen molar-refractivity contribution in [3.63, 3.8) is 0 Å². The summed E-state index contributed by atoms with van der Waals surface area (Å²) >= 11 is 4.22. The molecule has 0 aliphatic rings. The minimum absolute atomic E-state index is 0.0161. The molecule has 0 radical (unpaired) electrons. The summed E-state index contributed by atoms with van der Waals surface area (Å²) in [6, 6.07) is 15.3. The molecule has 19 heavy (non-hydrogen) atoms. The third-order valence-electron chi connectivity index (χ3n) is 3.15. The zero-order valence-electron chi connectivity index (χ0n) is 11.1. The Hall–Kier alpha value is -1.74. The Balaban J connectivity index is 2.20. The smallest absolute Gasteiger partial charge is 0.258 e. The lowest BCUT2D eigenvalue weighted by Gasteiger charge is -2.17. The first kappa shape index (κ1) is 13.7. The number of anilines is 1. The van der Waals surface area contributed by atoms with Crippen LogP contribution in [0.15, 0.2) is 53.4 Å². The molecule has 0 unspecified atom stereocenters. The molecule has 0 saturated carbocycles. The van der Waals surface area contributed by atoms with E-state index in [1.807, 2.05) is 24.3 Å². The van der Waals surface area contributed by atoms with Gasteiger partial charge in [0, 0.05) is 23.2 Å². The molecular formula is C16H17NOS. The number of hydrogen-bond acceptors (Lipinski definition) is 2.